The first-order valence-electron chi connectivity index (χ1n) is 11.0. The number of benzene rings is 2. The summed E-state index contributed by atoms with van der Waals surface area (Å²) in [5.74, 6) is -0.873. The van der Waals surface area contributed by atoms with Gasteiger partial charge in [-0.3, -0.25) is 9.69 Å². The van der Waals surface area contributed by atoms with Gasteiger partial charge in [0.1, 0.15) is 0 Å². The van der Waals surface area contributed by atoms with Gasteiger partial charge in [0.15, 0.2) is 0 Å². The Hall–Kier alpha value is -3.18. The van der Waals surface area contributed by atoms with E-state index in [4.69, 9.17) is 5.53 Å². The van der Waals surface area contributed by atoms with Gasteiger partial charge in [0.25, 0.3) is 0 Å². The highest BCUT2D eigenvalue weighted by Gasteiger charge is 2.39. The number of rotatable bonds is 6. The molecule has 13 heteroatoms. The topological polar surface area (TPSA) is 56.7 Å². The Morgan fingerprint density at radius 1 is 0.919 bits per heavy atom. The number of alkyl halides is 9. The normalized spacial score (nSPS) is 19.4. The van der Waals surface area contributed by atoms with Crippen molar-refractivity contribution in [1.82, 2.24) is 4.90 Å². The summed E-state index contributed by atoms with van der Waals surface area (Å²) in [6.07, 6.45) is -13.4. The van der Waals surface area contributed by atoms with Crippen LogP contribution in [0.15, 0.2) is 42.5 Å². The van der Waals surface area contributed by atoms with Crippen molar-refractivity contribution in [2.24, 2.45) is 5.92 Å². The molecule has 0 spiro atoms. The zero-order valence-electron chi connectivity index (χ0n) is 19.0. The summed E-state index contributed by atoms with van der Waals surface area (Å²) < 4.78 is 120. The Balaban J connectivity index is 1.99. The molecule has 0 aliphatic carbocycles. The molecule has 1 saturated heterocycles. The average molecular weight is 537 g/mol. The van der Waals surface area contributed by atoms with E-state index >= 15 is 0 Å². The van der Waals surface area contributed by atoms with Crippen molar-refractivity contribution in [3.05, 3.63) is 75.8 Å². The van der Waals surface area contributed by atoms with E-state index in [0.717, 1.165) is 24.3 Å². The SMILES string of the molecule is [N-]=[N+]=CC(=O)C[C@@H]1CCN(Cc2cc(C(F)(F)F)ccc2C(F)(F)F)[C@H](c2ccc(C(F)(F)F)cc2)C1. The number of carbonyl (C=O) groups excluding carboxylic acids is 1. The zero-order chi connectivity index (χ0) is 27.6. The molecule has 1 heterocycles. The molecule has 200 valence electrons. The van der Waals surface area contributed by atoms with E-state index in [0.29, 0.717) is 30.0 Å². The lowest BCUT2D eigenvalue weighted by molar-refractivity contribution is -0.142. The van der Waals surface area contributed by atoms with E-state index in [1.807, 2.05) is 0 Å². The molecule has 37 heavy (non-hydrogen) atoms. The second kappa shape index (κ2) is 10.7. The number of ketones is 1. The van der Waals surface area contributed by atoms with Crippen molar-refractivity contribution in [1.29, 1.82) is 0 Å². The summed E-state index contributed by atoms with van der Waals surface area (Å²) in [6, 6.07) is 4.31. The fourth-order valence-corrected chi connectivity index (χ4v) is 4.50. The Morgan fingerprint density at radius 2 is 1.51 bits per heavy atom. The van der Waals surface area contributed by atoms with Gasteiger partial charge in [-0.25, -0.2) is 0 Å². The summed E-state index contributed by atoms with van der Waals surface area (Å²) in [6.45, 7) is -0.489. The van der Waals surface area contributed by atoms with E-state index < -0.39 is 59.2 Å². The van der Waals surface area contributed by atoms with E-state index in [9.17, 15) is 44.3 Å². The van der Waals surface area contributed by atoms with Crippen LogP contribution in [0.2, 0.25) is 0 Å². The van der Waals surface area contributed by atoms with Gasteiger partial charge in [0, 0.05) is 19.0 Å². The van der Waals surface area contributed by atoms with Crippen LogP contribution in [0.3, 0.4) is 0 Å². The van der Waals surface area contributed by atoms with Gasteiger partial charge in [-0.2, -0.15) is 44.3 Å². The third kappa shape index (κ3) is 7.20. The zero-order valence-corrected chi connectivity index (χ0v) is 19.0. The van der Waals surface area contributed by atoms with Crippen molar-refractivity contribution in [2.45, 2.75) is 50.4 Å². The van der Waals surface area contributed by atoms with Crippen LogP contribution in [0.4, 0.5) is 39.5 Å². The molecule has 0 amide bonds. The van der Waals surface area contributed by atoms with Crippen LogP contribution in [0.5, 0.6) is 0 Å². The third-order valence-electron chi connectivity index (χ3n) is 6.25. The molecule has 0 N–H and O–H groups in total. The number of carbonyl (C=O) groups is 1. The maximum Gasteiger partial charge on any atom is 0.416 e. The lowest BCUT2D eigenvalue weighted by Crippen LogP contribution is -2.37. The first-order valence-corrected chi connectivity index (χ1v) is 11.0. The molecule has 4 nitrogen and oxygen atoms in total. The van der Waals surface area contributed by atoms with Gasteiger partial charge >= 0.3 is 24.7 Å². The summed E-state index contributed by atoms with van der Waals surface area (Å²) in [5.41, 5.74) is 4.78. The highest BCUT2D eigenvalue weighted by molar-refractivity contribution is 6.25. The first-order chi connectivity index (χ1) is 17.1. The molecule has 2 aromatic carbocycles. The molecular formula is C24H20F9N3O. The van der Waals surface area contributed by atoms with Crippen LogP contribution in [0, 0.1) is 5.92 Å². The number of halogens is 9. The van der Waals surface area contributed by atoms with E-state index in [-0.39, 0.29) is 31.7 Å². The lowest BCUT2D eigenvalue weighted by atomic mass is 9.83. The average Bonchev–Trinajstić information content (AvgIpc) is 2.78. The molecular weight excluding hydrogens is 517 g/mol. The smallest absolute Gasteiger partial charge is 0.361 e. The molecule has 0 unspecified atom stereocenters. The standard InChI is InChI=1S/C24H20F9N3O/c25-22(26,27)17-3-1-15(2-4-17)21-10-14(9-19(37)12-35-34)7-8-36(21)13-16-11-18(23(28,29)30)5-6-20(16)24(31,32)33/h1-6,11-12,14,21H,7-10,13H2/t14-,21-/m0/s1. The molecule has 2 aromatic rings. The number of hydrogen-bond acceptors (Lipinski definition) is 2. The minimum absolute atomic E-state index is 0.0629. The van der Waals surface area contributed by atoms with Gasteiger partial charge < -0.3 is 5.53 Å². The Morgan fingerprint density at radius 3 is 2.05 bits per heavy atom. The minimum atomic E-state index is -4.93. The second-order valence-electron chi connectivity index (χ2n) is 8.78. The van der Waals surface area contributed by atoms with Crippen molar-refractivity contribution in [2.75, 3.05) is 6.54 Å². The summed E-state index contributed by atoms with van der Waals surface area (Å²) in [7, 11) is 0. The van der Waals surface area contributed by atoms with Crippen LogP contribution in [0.1, 0.15) is 53.1 Å². The highest BCUT2D eigenvalue weighted by Crippen LogP contribution is 2.41. The Kier molecular flexibility index (Phi) is 8.18. The lowest BCUT2D eigenvalue weighted by Gasteiger charge is -2.40. The molecule has 2 atom stereocenters. The predicted octanol–water partition coefficient (Wildman–Crippen LogP) is 6.96. The van der Waals surface area contributed by atoms with E-state index in [2.05, 4.69) is 4.79 Å². The van der Waals surface area contributed by atoms with Crippen LogP contribution >= 0.6 is 0 Å². The molecule has 1 fully saturated rings. The Bertz CT molecular complexity index is 1160. The molecule has 3 rings (SSSR count). The molecule has 0 aromatic heterocycles. The van der Waals surface area contributed by atoms with Crippen LogP contribution in [-0.4, -0.2) is 28.2 Å². The van der Waals surface area contributed by atoms with Crippen molar-refractivity contribution in [3.63, 3.8) is 0 Å². The predicted molar refractivity (Wildman–Crippen MR) is 113 cm³/mol. The molecule has 0 radical (unpaired) electrons. The van der Waals surface area contributed by atoms with E-state index in [1.165, 1.54) is 4.90 Å². The highest BCUT2D eigenvalue weighted by atomic mass is 19.4. The van der Waals surface area contributed by atoms with Gasteiger partial charge in [-0.05, 0) is 66.8 Å². The number of nitrogens with zero attached hydrogens (tertiary/aromatic N) is 3. The fourth-order valence-electron chi connectivity index (χ4n) is 4.50. The van der Waals surface area contributed by atoms with Crippen molar-refractivity contribution in [3.8, 4) is 0 Å². The van der Waals surface area contributed by atoms with Gasteiger partial charge in [-0.1, -0.05) is 12.1 Å². The fraction of sp³-hybridized carbons (Fsp3) is 0.417. The van der Waals surface area contributed by atoms with E-state index in [1.54, 1.807) is 0 Å². The molecule has 1 aliphatic rings. The Labute approximate surface area is 205 Å². The number of piperidine rings is 1. The van der Waals surface area contributed by atoms with Crippen molar-refractivity contribution >= 4 is 12.0 Å². The van der Waals surface area contributed by atoms with Crippen molar-refractivity contribution < 1.29 is 49.1 Å². The van der Waals surface area contributed by atoms with Crippen LogP contribution in [0.25, 0.3) is 5.53 Å². The summed E-state index contributed by atoms with van der Waals surface area (Å²) in [4.78, 5) is 16.0. The van der Waals surface area contributed by atoms with Crippen LogP contribution in [-0.2, 0) is 29.9 Å². The van der Waals surface area contributed by atoms with Crippen LogP contribution < -0.4 is 0 Å². The third-order valence-corrected chi connectivity index (χ3v) is 6.25. The summed E-state index contributed by atoms with van der Waals surface area (Å²) >= 11 is 0. The first kappa shape index (κ1) is 28.4. The summed E-state index contributed by atoms with van der Waals surface area (Å²) in [5, 5.41) is 0. The number of Topliss-reactive ketones (excluding diaryl/α,β-unsaturated/α-hetero) is 1. The largest absolute Gasteiger partial charge is 0.416 e. The van der Waals surface area contributed by atoms with Gasteiger partial charge in [0.2, 0.25) is 5.78 Å². The van der Waals surface area contributed by atoms with Gasteiger partial charge in [0.05, 0.1) is 16.7 Å². The number of hydrogen-bond donors (Lipinski definition) is 0. The minimum Gasteiger partial charge on any atom is -0.361 e. The monoisotopic (exact) mass is 537 g/mol. The molecule has 0 saturated carbocycles. The maximum absolute atomic E-state index is 13.6. The molecule has 0 bridgehead atoms. The quantitative estimate of drug-likeness (QED) is 0.173. The second-order valence-corrected chi connectivity index (χ2v) is 8.78. The maximum atomic E-state index is 13.6. The molecule has 1 aliphatic heterocycles. The number of likely N-dealkylation sites (tertiary alicyclic amines) is 1. The van der Waals surface area contributed by atoms with Gasteiger partial charge in [-0.15, -0.1) is 0 Å².